The van der Waals surface area contributed by atoms with Crippen molar-refractivity contribution in [1.82, 2.24) is 4.90 Å². The van der Waals surface area contributed by atoms with E-state index in [0.29, 0.717) is 0 Å². The zero-order chi connectivity index (χ0) is 14.5. The standard InChI is InChI=1S/C13H18BN.3ClH.Zr/c1-13(2,3)15-10-9-14-12(15)11-7-5-4-6-8-11;;;;/h4-8H,9-10H2,1-3H3;3*1H;/q;;;;+3/p-3. The van der Waals surface area contributed by atoms with E-state index in [2.05, 4.69) is 62.9 Å². The summed E-state index contributed by atoms with van der Waals surface area (Å²) < 4.78 is 0. The van der Waals surface area contributed by atoms with Crippen LogP contribution in [0.4, 0.5) is 0 Å². The molecule has 1 aromatic carbocycles. The Labute approximate surface area is 135 Å². The van der Waals surface area contributed by atoms with Crippen molar-refractivity contribution in [2.75, 3.05) is 6.54 Å². The van der Waals surface area contributed by atoms with Crippen LogP contribution in [0.1, 0.15) is 26.3 Å². The van der Waals surface area contributed by atoms with Gasteiger partial charge in [0.15, 0.2) is 0 Å². The van der Waals surface area contributed by atoms with E-state index in [-0.39, 0.29) is 5.54 Å². The predicted molar refractivity (Wildman–Crippen MR) is 85.1 cm³/mol. The Morgan fingerprint density at radius 3 is 2.11 bits per heavy atom. The molecule has 0 fully saturated rings. The van der Waals surface area contributed by atoms with Crippen molar-refractivity contribution < 1.29 is 18.2 Å². The number of halogens is 3. The van der Waals surface area contributed by atoms with Crippen LogP contribution in [-0.4, -0.2) is 29.5 Å². The van der Waals surface area contributed by atoms with Gasteiger partial charge >= 0.3 is 136 Å². The van der Waals surface area contributed by atoms with Gasteiger partial charge in [0.1, 0.15) is 0 Å². The molecule has 1 heterocycles. The molecule has 19 heavy (non-hydrogen) atoms. The number of nitrogens with zero attached hydrogens (tertiary/aromatic N) is 1. The van der Waals surface area contributed by atoms with E-state index in [1.807, 2.05) is 0 Å². The molecule has 0 atom stereocenters. The Morgan fingerprint density at radius 1 is 1.11 bits per heavy atom. The van der Waals surface area contributed by atoms with Crippen LogP contribution in [0.25, 0.3) is 0 Å². The topological polar surface area (TPSA) is 3.24 Å². The van der Waals surface area contributed by atoms with Gasteiger partial charge in [0, 0.05) is 0 Å². The summed E-state index contributed by atoms with van der Waals surface area (Å²) in [6.07, 6.45) is 1.17. The monoisotopic (exact) mass is 394 g/mol. The van der Waals surface area contributed by atoms with Gasteiger partial charge in [-0.15, -0.1) is 0 Å². The zero-order valence-corrected chi connectivity index (χ0v) is 16.2. The number of benzene rings is 1. The van der Waals surface area contributed by atoms with Crippen molar-refractivity contribution in [1.29, 1.82) is 0 Å². The minimum absolute atomic E-state index is 0.220. The first kappa shape index (κ1) is 17.8. The van der Waals surface area contributed by atoms with E-state index in [0.717, 1.165) is 6.54 Å². The summed E-state index contributed by atoms with van der Waals surface area (Å²) >= 11 is -2.13. The average Bonchev–Trinajstić information content (AvgIpc) is 2.78. The third-order valence-electron chi connectivity index (χ3n) is 2.86. The Hall–Kier alpha value is 0.708. The maximum absolute atomic E-state index is 5.00. The molecule has 1 aliphatic rings. The molecule has 1 aromatic rings. The molecule has 1 aliphatic heterocycles. The summed E-state index contributed by atoms with van der Waals surface area (Å²) in [4.78, 5) is 2.49. The van der Waals surface area contributed by atoms with Crippen LogP contribution in [0.3, 0.4) is 0 Å². The predicted octanol–water partition coefficient (Wildman–Crippen LogP) is 4.47. The van der Waals surface area contributed by atoms with Gasteiger partial charge in [0.2, 0.25) is 0 Å². The Kier molecular flexibility index (Phi) is 7.69. The summed E-state index contributed by atoms with van der Waals surface area (Å²) in [7, 11) is 15.0. The Balaban J connectivity index is 0.000000399. The van der Waals surface area contributed by atoms with Crippen LogP contribution in [0.2, 0.25) is 6.32 Å². The third-order valence-corrected chi connectivity index (χ3v) is 2.86. The summed E-state index contributed by atoms with van der Waals surface area (Å²) in [6, 6.07) is 10.7. The van der Waals surface area contributed by atoms with Crippen LogP contribution in [-0.2, 0) is 18.2 Å². The first-order valence-electron chi connectivity index (χ1n) is 6.19. The summed E-state index contributed by atoms with van der Waals surface area (Å²) in [6.45, 7) is 10.3. The fourth-order valence-corrected chi connectivity index (χ4v) is 2.14. The Morgan fingerprint density at radius 2 is 1.63 bits per heavy atom. The molecule has 1 nitrogen and oxygen atoms in total. The molecule has 6 heteroatoms. The van der Waals surface area contributed by atoms with Gasteiger partial charge in [-0.3, -0.25) is 0 Å². The second kappa shape index (κ2) is 8.22. The van der Waals surface area contributed by atoms with Gasteiger partial charge < -0.3 is 0 Å². The first-order chi connectivity index (χ1) is 8.82. The normalized spacial score (nSPS) is 14.2. The number of rotatable bonds is 1. The molecule has 0 unspecified atom stereocenters. The van der Waals surface area contributed by atoms with Gasteiger partial charge in [-0.1, -0.05) is 0 Å². The van der Waals surface area contributed by atoms with E-state index in [1.165, 1.54) is 17.5 Å². The number of hydrogen-bond donors (Lipinski definition) is 0. The second-order valence-corrected chi connectivity index (χ2v) is 16.5. The molecule has 103 valence electrons. The van der Waals surface area contributed by atoms with Gasteiger partial charge in [-0.05, 0) is 0 Å². The van der Waals surface area contributed by atoms with Crippen LogP contribution in [0.5, 0.6) is 0 Å². The molecule has 0 spiro atoms. The van der Waals surface area contributed by atoms with Crippen molar-refractivity contribution in [2.24, 2.45) is 0 Å². The van der Waals surface area contributed by atoms with E-state index in [1.54, 1.807) is 0 Å². The van der Waals surface area contributed by atoms with E-state index >= 15 is 0 Å². The summed E-state index contributed by atoms with van der Waals surface area (Å²) in [5.74, 6) is 0. The van der Waals surface area contributed by atoms with Crippen molar-refractivity contribution in [3.63, 3.8) is 0 Å². The molecule has 0 aromatic heterocycles. The molecule has 0 bridgehead atoms. The SMILES string of the molecule is CC(C)(C)N1CCB=C1c1ccccc1.[Cl][Zr]([Cl])[Cl]. The van der Waals surface area contributed by atoms with E-state index in [9.17, 15) is 0 Å². The summed E-state index contributed by atoms with van der Waals surface area (Å²) in [5.41, 5.74) is 2.95. The summed E-state index contributed by atoms with van der Waals surface area (Å²) in [5, 5.41) is 0. The molecular formula is C13H18BCl3NZr. The Bertz CT molecular complexity index is 415. The maximum atomic E-state index is 5.00. The molecule has 0 N–H and O–H groups in total. The van der Waals surface area contributed by atoms with E-state index in [4.69, 9.17) is 25.5 Å². The van der Waals surface area contributed by atoms with Crippen molar-refractivity contribution in [3.05, 3.63) is 35.9 Å². The van der Waals surface area contributed by atoms with Gasteiger partial charge in [-0.2, -0.15) is 0 Å². The minimum atomic E-state index is -2.13. The molecule has 0 aliphatic carbocycles. The quantitative estimate of drug-likeness (QED) is 0.633. The second-order valence-electron chi connectivity index (χ2n) is 5.28. The van der Waals surface area contributed by atoms with Crippen LogP contribution in [0.15, 0.2) is 30.3 Å². The van der Waals surface area contributed by atoms with Gasteiger partial charge in [0.05, 0.1) is 0 Å². The number of hydrogen-bond acceptors (Lipinski definition) is 1. The van der Waals surface area contributed by atoms with Crippen LogP contribution < -0.4 is 0 Å². The average molecular weight is 397 g/mol. The van der Waals surface area contributed by atoms with Gasteiger partial charge in [0.25, 0.3) is 0 Å². The van der Waals surface area contributed by atoms with Crippen LogP contribution >= 0.6 is 25.5 Å². The van der Waals surface area contributed by atoms with Crippen molar-refractivity contribution >= 4 is 38.0 Å². The van der Waals surface area contributed by atoms with Crippen molar-refractivity contribution in [2.45, 2.75) is 32.6 Å². The fourth-order valence-electron chi connectivity index (χ4n) is 2.14. The van der Waals surface area contributed by atoms with E-state index < -0.39 is 18.2 Å². The third kappa shape index (κ3) is 6.34. The molecule has 0 radical (unpaired) electrons. The zero-order valence-electron chi connectivity index (χ0n) is 11.5. The molecule has 2 rings (SSSR count). The molecule has 0 saturated carbocycles. The molecular weight excluding hydrogens is 379 g/mol. The van der Waals surface area contributed by atoms with Crippen molar-refractivity contribution in [3.8, 4) is 0 Å². The van der Waals surface area contributed by atoms with Crippen LogP contribution in [0, 0.1) is 0 Å². The molecule has 0 saturated heterocycles. The van der Waals surface area contributed by atoms with Gasteiger partial charge in [-0.25, -0.2) is 0 Å². The first-order valence-corrected chi connectivity index (χ1v) is 15.7. The fraction of sp³-hybridized carbons (Fsp3) is 0.462. The molecule has 0 amide bonds.